The molecule has 3 N–H and O–H groups in total. The number of β-amino-alcohol motifs (C(OH)–C–C–N with tert-alkyl or cyclic N) is 1. The molecule has 1 aliphatic heterocycles. The molecular weight excluding hydrogens is 442 g/mol. The monoisotopic (exact) mass is 473 g/mol. The zero-order valence-corrected chi connectivity index (χ0v) is 20.4. The first-order valence-electron chi connectivity index (χ1n) is 10.9. The molecule has 1 aromatic heterocycles. The maximum Gasteiger partial charge on any atom is 0.246 e. The largest absolute Gasteiger partial charge is 0.391 e. The Labute approximate surface area is 197 Å². The van der Waals surface area contributed by atoms with Gasteiger partial charge in [0.2, 0.25) is 17.7 Å². The zero-order chi connectivity index (χ0) is 24.3. The van der Waals surface area contributed by atoms with E-state index in [2.05, 4.69) is 20.2 Å². The summed E-state index contributed by atoms with van der Waals surface area (Å²) >= 11 is 1.34. The molecule has 9 nitrogen and oxygen atoms in total. The molecule has 0 aliphatic carbocycles. The lowest BCUT2D eigenvalue weighted by molar-refractivity contribution is -0.143. The molecule has 0 saturated carbocycles. The number of aryl methyl sites for hydroxylation is 1. The van der Waals surface area contributed by atoms with Gasteiger partial charge in [-0.15, -0.1) is 5.10 Å². The van der Waals surface area contributed by atoms with Crippen molar-refractivity contribution in [2.45, 2.75) is 65.8 Å². The standard InChI is InChI=1S/C23H31N5O4S/c1-13-19(33-27-26-13)16-8-6-15(7-9-16)11-24-21(31)18-10-17(30)12-28(18)22(32)20(23(3,4)5)25-14(2)29/h6-9,17-18,20,30H,10-12H2,1-5H3,(H,24,31)(H,25,29)/t17-,18+,20-/m1/s1. The minimum absolute atomic E-state index is 0.0556. The third kappa shape index (κ3) is 5.94. The van der Waals surface area contributed by atoms with Crippen LogP contribution >= 0.6 is 11.5 Å². The van der Waals surface area contributed by atoms with Crippen molar-refractivity contribution < 1.29 is 19.5 Å². The van der Waals surface area contributed by atoms with E-state index < -0.39 is 23.6 Å². The maximum atomic E-state index is 13.3. The Kier molecular flexibility index (Phi) is 7.48. The molecule has 1 aromatic carbocycles. The summed E-state index contributed by atoms with van der Waals surface area (Å²) in [6, 6.07) is 6.17. The molecular formula is C23H31N5O4S. The van der Waals surface area contributed by atoms with E-state index >= 15 is 0 Å². The van der Waals surface area contributed by atoms with Crippen LogP contribution in [0.5, 0.6) is 0 Å². The number of benzene rings is 1. The highest BCUT2D eigenvalue weighted by Crippen LogP contribution is 2.27. The number of aliphatic hydroxyl groups is 1. The van der Waals surface area contributed by atoms with Crippen LogP contribution in [0.3, 0.4) is 0 Å². The third-order valence-corrected chi connectivity index (χ3v) is 6.54. The van der Waals surface area contributed by atoms with Crippen LogP contribution in [0.4, 0.5) is 0 Å². The fraction of sp³-hybridized carbons (Fsp3) is 0.522. The fourth-order valence-electron chi connectivity index (χ4n) is 3.90. The van der Waals surface area contributed by atoms with E-state index in [1.807, 2.05) is 52.0 Å². The van der Waals surface area contributed by atoms with E-state index in [1.165, 1.54) is 23.4 Å². The first-order chi connectivity index (χ1) is 15.5. The molecule has 2 aromatic rings. The molecule has 0 radical (unpaired) electrons. The van der Waals surface area contributed by atoms with Crippen molar-refractivity contribution in [2.75, 3.05) is 6.54 Å². The molecule has 1 saturated heterocycles. The number of nitrogens with one attached hydrogen (secondary N) is 2. The number of hydrogen-bond acceptors (Lipinski definition) is 7. The summed E-state index contributed by atoms with van der Waals surface area (Å²) < 4.78 is 3.95. The molecule has 0 unspecified atom stereocenters. The number of aromatic nitrogens is 2. The van der Waals surface area contributed by atoms with Crippen LogP contribution in [0, 0.1) is 12.3 Å². The Bertz CT molecular complexity index is 1010. The second kappa shape index (κ2) is 9.96. The highest BCUT2D eigenvalue weighted by atomic mass is 32.1. The Morgan fingerprint density at radius 3 is 2.45 bits per heavy atom. The van der Waals surface area contributed by atoms with Crippen LogP contribution in [0.25, 0.3) is 10.4 Å². The molecule has 1 fully saturated rings. The van der Waals surface area contributed by atoms with Crippen molar-refractivity contribution in [3.8, 4) is 10.4 Å². The van der Waals surface area contributed by atoms with Gasteiger partial charge in [-0.25, -0.2) is 0 Å². The van der Waals surface area contributed by atoms with Crippen LogP contribution in [0.15, 0.2) is 24.3 Å². The number of carbonyl (C=O) groups excluding carboxylic acids is 3. The minimum atomic E-state index is -0.798. The maximum absolute atomic E-state index is 13.3. The lowest BCUT2D eigenvalue weighted by Gasteiger charge is -2.35. The Balaban J connectivity index is 1.67. The van der Waals surface area contributed by atoms with Crippen molar-refractivity contribution in [2.24, 2.45) is 5.41 Å². The first-order valence-corrected chi connectivity index (χ1v) is 11.7. The van der Waals surface area contributed by atoms with Gasteiger partial charge in [0.15, 0.2) is 0 Å². The van der Waals surface area contributed by atoms with Gasteiger partial charge in [-0.3, -0.25) is 14.4 Å². The smallest absolute Gasteiger partial charge is 0.246 e. The van der Waals surface area contributed by atoms with E-state index in [-0.39, 0.29) is 30.7 Å². The van der Waals surface area contributed by atoms with Crippen LogP contribution in [0.2, 0.25) is 0 Å². The van der Waals surface area contributed by atoms with E-state index in [1.54, 1.807) is 0 Å². The Hall–Kier alpha value is -2.85. The normalized spacial score (nSPS) is 19.3. The Morgan fingerprint density at radius 1 is 1.24 bits per heavy atom. The average Bonchev–Trinajstić information content (AvgIpc) is 3.35. The summed E-state index contributed by atoms with van der Waals surface area (Å²) in [6.07, 6.45) is -0.636. The lowest BCUT2D eigenvalue weighted by atomic mass is 9.85. The van der Waals surface area contributed by atoms with Crippen molar-refractivity contribution in [1.29, 1.82) is 0 Å². The molecule has 178 valence electrons. The number of likely N-dealkylation sites (tertiary alicyclic amines) is 1. The average molecular weight is 474 g/mol. The van der Waals surface area contributed by atoms with Crippen LogP contribution in [-0.2, 0) is 20.9 Å². The predicted molar refractivity (Wildman–Crippen MR) is 125 cm³/mol. The molecule has 10 heteroatoms. The van der Waals surface area contributed by atoms with Crippen LogP contribution in [-0.4, -0.2) is 62.0 Å². The second-order valence-corrected chi connectivity index (χ2v) is 10.3. The SMILES string of the molecule is CC(=O)N[C@H](C(=O)N1C[C@H](O)C[C@H]1C(=O)NCc1ccc(-c2snnc2C)cc1)C(C)(C)C. The number of amides is 3. The van der Waals surface area contributed by atoms with E-state index in [0.29, 0.717) is 6.54 Å². The number of carbonyl (C=O) groups is 3. The van der Waals surface area contributed by atoms with Gasteiger partial charge >= 0.3 is 0 Å². The van der Waals surface area contributed by atoms with Gasteiger partial charge in [0, 0.05) is 26.4 Å². The quantitative estimate of drug-likeness (QED) is 0.586. The van der Waals surface area contributed by atoms with Crippen molar-refractivity contribution >= 4 is 29.3 Å². The number of hydrogen-bond donors (Lipinski definition) is 3. The molecule has 1 aliphatic rings. The molecule has 3 atom stereocenters. The number of aliphatic hydroxyl groups excluding tert-OH is 1. The summed E-state index contributed by atoms with van der Waals surface area (Å²) in [6.45, 7) is 9.16. The van der Waals surface area contributed by atoms with Crippen LogP contribution < -0.4 is 10.6 Å². The van der Waals surface area contributed by atoms with E-state index in [4.69, 9.17) is 0 Å². The molecule has 0 bridgehead atoms. The molecule has 3 rings (SSSR count). The molecule has 2 heterocycles. The minimum Gasteiger partial charge on any atom is -0.391 e. The van der Waals surface area contributed by atoms with E-state index in [0.717, 1.165) is 21.7 Å². The Morgan fingerprint density at radius 2 is 1.91 bits per heavy atom. The zero-order valence-electron chi connectivity index (χ0n) is 19.6. The van der Waals surface area contributed by atoms with Crippen molar-refractivity contribution in [1.82, 2.24) is 25.1 Å². The van der Waals surface area contributed by atoms with Gasteiger partial charge in [-0.05, 0) is 35.0 Å². The lowest BCUT2D eigenvalue weighted by Crippen LogP contribution is -2.57. The van der Waals surface area contributed by atoms with Gasteiger partial charge < -0.3 is 20.6 Å². The van der Waals surface area contributed by atoms with Crippen molar-refractivity contribution in [3.05, 3.63) is 35.5 Å². The fourth-order valence-corrected chi connectivity index (χ4v) is 4.56. The predicted octanol–water partition coefficient (Wildman–Crippen LogP) is 1.64. The highest BCUT2D eigenvalue weighted by molar-refractivity contribution is 7.09. The van der Waals surface area contributed by atoms with Gasteiger partial charge in [-0.1, -0.05) is 49.5 Å². The third-order valence-electron chi connectivity index (χ3n) is 5.66. The molecule has 33 heavy (non-hydrogen) atoms. The summed E-state index contributed by atoms with van der Waals surface area (Å²) in [7, 11) is 0. The summed E-state index contributed by atoms with van der Waals surface area (Å²) in [5.74, 6) is -1.02. The summed E-state index contributed by atoms with van der Waals surface area (Å²) in [4.78, 5) is 40.3. The van der Waals surface area contributed by atoms with Gasteiger partial charge in [0.25, 0.3) is 0 Å². The van der Waals surface area contributed by atoms with Gasteiger partial charge in [0.05, 0.1) is 16.7 Å². The van der Waals surface area contributed by atoms with E-state index in [9.17, 15) is 19.5 Å². The number of rotatable bonds is 6. The van der Waals surface area contributed by atoms with Crippen LogP contribution in [0.1, 0.15) is 45.4 Å². The summed E-state index contributed by atoms with van der Waals surface area (Å²) in [5.41, 5.74) is 2.24. The molecule has 3 amide bonds. The van der Waals surface area contributed by atoms with Gasteiger partial charge in [0.1, 0.15) is 12.1 Å². The van der Waals surface area contributed by atoms with Crippen molar-refractivity contribution in [3.63, 3.8) is 0 Å². The summed E-state index contributed by atoms with van der Waals surface area (Å²) in [5, 5.41) is 19.8. The second-order valence-electron chi connectivity index (χ2n) is 9.50. The van der Waals surface area contributed by atoms with Gasteiger partial charge in [-0.2, -0.15) is 0 Å². The topological polar surface area (TPSA) is 125 Å². The first kappa shape index (κ1) is 24.8. The highest BCUT2D eigenvalue weighted by Gasteiger charge is 2.44. The molecule has 0 spiro atoms. The number of nitrogens with zero attached hydrogens (tertiary/aromatic N) is 3.